The van der Waals surface area contributed by atoms with Gasteiger partial charge in [-0.2, -0.15) is 0 Å². The summed E-state index contributed by atoms with van der Waals surface area (Å²) in [7, 11) is 0. The van der Waals surface area contributed by atoms with Crippen LogP contribution in [0, 0.1) is 0 Å². The van der Waals surface area contributed by atoms with Crippen molar-refractivity contribution in [3.05, 3.63) is 200 Å². The first-order valence-corrected chi connectivity index (χ1v) is 18.6. The Balaban J connectivity index is 1.19. The lowest BCUT2D eigenvalue weighted by molar-refractivity contribution is 1.09. The number of rotatable bonds is 6. The molecule has 3 aromatic heterocycles. The van der Waals surface area contributed by atoms with Crippen LogP contribution in [-0.4, -0.2) is 23.7 Å². The van der Waals surface area contributed by atoms with E-state index >= 15 is 0 Å². The molecule has 5 heteroatoms. The van der Waals surface area contributed by atoms with E-state index in [1.165, 1.54) is 21.8 Å². The van der Waals surface area contributed by atoms with Gasteiger partial charge in [0.25, 0.3) is 0 Å². The Morgan fingerprint density at radius 1 is 0.273 bits per heavy atom. The Labute approximate surface area is 317 Å². The highest BCUT2D eigenvalue weighted by atomic mass is 15.1. The van der Waals surface area contributed by atoms with Crippen molar-refractivity contribution in [1.29, 1.82) is 0 Å². The maximum Gasteiger partial charge on any atom is 0.145 e. The molecule has 0 radical (unpaired) electrons. The van der Waals surface area contributed by atoms with Gasteiger partial charge in [0.15, 0.2) is 0 Å². The summed E-state index contributed by atoms with van der Waals surface area (Å²) in [5.74, 6) is 1.74. The lowest BCUT2D eigenvalue weighted by atomic mass is 9.98. The van der Waals surface area contributed by atoms with Gasteiger partial charge >= 0.3 is 0 Å². The summed E-state index contributed by atoms with van der Waals surface area (Å²) in [5, 5.41) is 2.49. The van der Waals surface area contributed by atoms with Crippen molar-refractivity contribution in [2.24, 2.45) is 0 Å². The first-order chi connectivity index (χ1) is 27.3. The van der Waals surface area contributed by atoms with E-state index in [9.17, 15) is 0 Å². The van der Waals surface area contributed by atoms with E-state index in [0.717, 1.165) is 73.0 Å². The van der Waals surface area contributed by atoms with Crippen molar-refractivity contribution in [2.45, 2.75) is 0 Å². The standard InChI is InChI=1S/C50H33N5/c1-3-17-38(18-4-1)54-47-28-13-9-24-43(47)51-49(54)36-30-35(31-37(32-36)50-52-44-25-10-14-29-48(44)55(50)39-19-5-2-6-20-39)34-16-15-21-40(33-34)53-45-26-11-7-22-41(45)42-23-8-12-27-46(42)53/h1-33H. The van der Waals surface area contributed by atoms with Crippen molar-refractivity contribution in [2.75, 3.05) is 0 Å². The molecule has 0 aliphatic heterocycles. The van der Waals surface area contributed by atoms with Gasteiger partial charge in [0, 0.05) is 39.0 Å². The Morgan fingerprint density at radius 3 is 1.22 bits per heavy atom. The molecule has 0 saturated heterocycles. The minimum Gasteiger partial charge on any atom is -0.309 e. The summed E-state index contributed by atoms with van der Waals surface area (Å²) in [5.41, 5.74) is 13.8. The average molecular weight is 704 g/mol. The van der Waals surface area contributed by atoms with Crippen LogP contribution < -0.4 is 0 Å². The van der Waals surface area contributed by atoms with Crippen molar-refractivity contribution >= 4 is 43.9 Å². The molecular formula is C50H33N5. The molecule has 0 aliphatic carbocycles. The quantitative estimate of drug-likeness (QED) is 0.173. The van der Waals surface area contributed by atoms with Gasteiger partial charge in [-0.25, -0.2) is 9.97 Å². The van der Waals surface area contributed by atoms with Gasteiger partial charge < -0.3 is 4.57 Å². The first kappa shape index (κ1) is 31.1. The van der Waals surface area contributed by atoms with Crippen molar-refractivity contribution in [3.63, 3.8) is 0 Å². The van der Waals surface area contributed by atoms with Crippen LogP contribution in [0.4, 0.5) is 0 Å². The Kier molecular flexibility index (Phi) is 7.10. The number of hydrogen-bond donors (Lipinski definition) is 0. The Bertz CT molecular complexity index is 3010. The van der Waals surface area contributed by atoms with Crippen LogP contribution in [0.25, 0.3) is 94.8 Å². The first-order valence-electron chi connectivity index (χ1n) is 18.6. The number of nitrogens with zero attached hydrogens (tertiary/aromatic N) is 5. The molecule has 11 rings (SSSR count). The number of benzene rings is 8. The molecule has 0 bridgehead atoms. The minimum absolute atomic E-state index is 0.872. The van der Waals surface area contributed by atoms with Gasteiger partial charge in [0.1, 0.15) is 11.6 Å². The van der Waals surface area contributed by atoms with E-state index in [4.69, 9.17) is 9.97 Å². The maximum absolute atomic E-state index is 5.31. The molecule has 55 heavy (non-hydrogen) atoms. The predicted octanol–water partition coefficient (Wildman–Crippen LogP) is 12.5. The zero-order valence-electron chi connectivity index (χ0n) is 29.8. The molecule has 0 spiro atoms. The molecule has 0 saturated carbocycles. The number of imidazole rings is 2. The van der Waals surface area contributed by atoms with Crippen LogP contribution in [0.3, 0.4) is 0 Å². The second kappa shape index (κ2) is 12.6. The molecule has 8 aromatic carbocycles. The molecule has 0 unspecified atom stereocenters. The highest BCUT2D eigenvalue weighted by Crippen LogP contribution is 2.39. The SMILES string of the molecule is c1ccc(-n2c(-c3cc(-c4cccc(-n5c6ccccc6c6ccccc65)c4)cc(-c4nc5ccccc5n4-c4ccccc4)c3)nc3ccccc32)cc1. The molecule has 3 heterocycles. The largest absolute Gasteiger partial charge is 0.309 e. The van der Waals surface area contributed by atoms with Crippen LogP contribution in [-0.2, 0) is 0 Å². The van der Waals surface area contributed by atoms with Gasteiger partial charge in [-0.15, -0.1) is 0 Å². The number of fused-ring (bicyclic) bond motifs is 5. The zero-order valence-corrected chi connectivity index (χ0v) is 29.8. The smallest absolute Gasteiger partial charge is 0.145 e. The second-order valence-electron chi connectivity index (χ2n) is 13.9. The Morgan fingerprint density at radius 2 is 0.691 bits per heavy atom. The van der Waals surface area contributed by atoms with Gasteiger partial charge in [-0.1, -0.05) is 109 Å². The van der Waals surface area contributed by atoms with Gasteiger partial charge in [-0.05, 0) is 102 Å². The fraction of sp³-hybridized carbons (Fsp3) is 0. The summed E-state index contributed by atoms with van der Waals surface area (Å²) in [6.45, 7) is 0. The molecule has 258 valence electrons. The highest BCUT2D eigenvalue weighted by Gasteiger charge is 2.20. The van der Waals surface area contributed by atoms with Crippen molar-refractivity contribution in [3.8, 4) is 51.0 Å². The molecule has 0 fully saturated rings. The molecule has 5 nitrogen and oxygen atoms in total. The third-order valence-electron chi connectivity index (χ3n) is 10.6. The van der Waals surface area contributed by atoms with Gasteiger partial charge in [0.05, 0.1) is 33.1 Å². The second-order valence-corrected chi connectivity index (χ2v) is 13.9. The van der Waals surface area contributed by atoms with Gasteiger partial charge in [-0.3, -0.25) is 9.13 Å². The lowest BCUT2D eigenvalue weighted by Gasteiger charge is -2.15. The minimum atomic E-state index is 0.872. The topological polar surface area (TPSA) is 40.6 Å². The zero-order chi connectivity index (χ0) is 36.3. The molecule has 0 amide bonds. The summed E-state index contributed by atoms with van der Waals surface area (Å²) in [4.78, 5) is 10.6. The Hall–Kier alpha value is -7.50. The van der Waals surface area contributed by atoms with Crippen LogP contribution in [0.1, 0.15) is 0 Å². The third kappa shape index (κ3) is 5.09. The monoisotopic (exact) mass is 703 g/mol. The number of aromatic nitrogens is 5. The normalized spacial score (nSPS) is 11.6. The molecule has 0 atom stereocenters. The van der Waals surface area contributed by atoms with E-state index in [2.05, 4.69) is 214 Å². The van der Waals surface area contributed by atoms with Crippen LogP contribution in [0.2, 0.25) is 0 Å². The molecule has 0 aliphatic rings. The number of para-hydroxylation sites is 8. The van der Waals surface area contributed by atoms with Crippen LogP contribution in [0.5, 0.6) is 0 Å². The van der Waals surface area contributed by atoms with E-state index in [1.807, 2.05) is 0 Å². The van der Waals surface area contributed by atoms with E-state index < -0.39 is 0 Å². The number of hydrogen-bond acceptors (Lipinski definition) is 2. The average Bonchev–Trinajstić information content (AvgIpc) is 3.95. The van der Waals surface area contributed by atoms with Crippen molar-refractivity contribution in [1.82, 2.24) is 23.7 Å². The van der Waals surface area contributed by atoms with E-state index in [0.29, 0.717) is 0 Å². The van der Waals surface area contributed by atoms with Crippen molar-refractivity contribution < 1.29 is 0 Å². The highest BCUT2D eigenvalue weighted by molar-refractivity contribution is 6.09. The maximum atomic E-state index is 5.31. The third-order valence-corrected chi connectivity index (χ3v) is 10.6. The summed E-state index contributed by atoms with van der Waals surface area (Å²) < 4.78 is 6.92. The van der Waals surface area contributed by atoms with Gasteiger partial charge in [0.2, 0.25) is 0 Å². The van der Waals surface area contributed by atoms with Crippen LogP contribution >= 0.6 is 0 Å². The fourth-order valence-electron chi connectivity index (χ4n) is 8.19. The predicted molar refractivity (Wildman–Crippen MR) is 226 cm³/mol. The molecule has 11 aromatic rings. The lowest BCUT2D eigenvalue weighted by Crippen LogP contribution is -2.00. The summed E-state index contributed by atoms with van der Waals surface area (Å²) in [6, 6.07) is 70.8. The van der Waals surface area contributed by atoms with Crippen LogP contribution in [0.15, 0.2) is 200 Å². The summed E-state index contributed by atoms with van der Waals surface area (Å²) in [6.07, 6.45) is 0. The van der Waals surface area contributed by atoms with E-state index in [1.54, 1.807) is 0 Å². The molecular weight excluding hydrogens is 671 g/mol. The summed E-state index contributed by atoms with van der Waals surface area (Å²) >= 11 is 0. The molecule has 0 N–H and O–H groups in total. The van der Waals surface area contributed by atoms with E-state index in [-0.39, 0.29) is 0 Å². The fourth-order valence-corrected chi connectivity index (χ4v) is 8.19.